The topological polar surface area (TPSA) is 35.2 Å². The van der Waals surface area contributed by atoms with Gasteiger partial charge < -0.3 is 10.5 Å². The van der Waals surface area contributed by atoms with Crippen molar-refractivity contribution in [3.63, 3.8) is 0 Å². The Morgan fingerprint density at radius 2 is 1.86 bits per heavy atom. The zero-order valence-corrected chi connectivity index (χ0v) is 13.6. The average Bonchev–Trinajstić information content (AvgIpc) is 2.41. The summed E-state index contributed by atoms with van der Waals surface area (Å²) in [7, 11) is 1.55. The number of hydrogen-bond acceptors (Lipinski definition) is 2. The molecule has 2 aromatic rings. The average molecular weight is 356 g/mol. The lowest BCUT2D eigenvalue weighted by Crippen LogP contribution is -2.17. The van der Waals surface area contributed by atoms with Crippen molar-refractivity contribution in [3.05, 3.63) is 62.6 Å². The van der Waals surface area contributed by atoms with E-state index in [1.54, 1.807) is 7.11 Å². The highest BCUT2D eigenvalue weighted by Gasteiger charge is 2.22. The van der Waals surface area contributed by atoms with Crippen LogP contribution in [0.3, 0.4) is 0 Å². The molecule has 0 saturated heterocycles. The highest BCUT2D eigenvalue weighted by Crippen LogP contribution is 2.38. The Labute approximate surface area is 131 Å². The Morgan fingerprint density at radius 1 is 1.19 bits per heavy atom. The fourth-order valence-corrected chi connectivity index (χ4v) is 2.99. The van der Waals surface area contributed by atoms with Gasteiger partial charge in [0, 0.05) is 21.7 Å². The molecule has 0 aromatic heterocycles. The Balaban J connectivity index is 2.65. The first-order chi connectivity index (χ1) is 9.86. The summed E-state index contributed by atoms with van der Waals surface area (Å²) in [5.74, 6) is -0.675. The molecule has 0 spiro atoms. The van der Waals surface area contributed by atoms with Gasteiger partial charge >= 0.3 is 0 Å². The van der Waals surface area contributed by atoms with Crippen LogP contribution >= 0.6 is 15.9 Å². The molecule has 0 radical (unpaired) electrons. The third-order valence-electron chi connectivity index (χ3n) is 3.52. The fraction of sp³-hybridized carbons (Fsp3) is 0.250. The summed E-state index contributed by atoms with van der Waals surface area (Å²) in [5.41, 5.74) is 8.90. The van der Waals surface area contributed by atoms with E-state index in [2.05, 4.69) is 15.9 Å². The maximum Gasteiger partial charge on any atom is 0.131 e. The van der Waals surface area contributed by atoms with Crippen LogP contribution in [0.5, 0.6) is 5.75 Å². The predicted octanol–water partition coefficient (Wildman–Crippen LogP) is 4.40. The second kappa shape index (κ2) is 6.12. The Bertz CT molecular complexity index is 688. The fourth-order valence-electron chi connectivity index (χ4n) is 2.43. The molecule has 0 aliphatic heterocycles. The van der Waals surface area contributed by atoms with Gasteiger partial charge in [-0.2, -0.15) is 0 Å². The summed E-state index contributed by atoms with van der Waals surface area (Å²) in [4.78, 5) is 0. The number of benzene rings is 2. The standard InChI is InChI=1S/C16H16BrF2NO/c1-8-6-12(17)9(2)14(16(8)21-3)15(20)11-5-4-10(18)7-13(11)19/h4-7,15H,20H2,1-3H3. The molecule has 21 heavy (non-hydrogen) atoms. The van der Waals surface area contributed by atoms with Crippen LogP contribution in [-0.4, -0.2) is 7.11 Å². The first-order valence-corrected chi connectivity index (χ1v) is 7.20. The van der Waals surface area contributed by atoms with E-state index in [1.165, 1.54) is 12.1 Å². The molecule has 0 heterocycles. The van der Waals surface area contributed by atoms with Crippen LogP contribution in [0.15, 0.2) is 28.7 Å². The molecular weight excluding hydrogens is 340 g/mol. The van der Waals surface area contributed by atoms with Crippen LogP contribution < -0.4 is 10.5 Å². The molecule has 2 rings (SSSR count). The summed E-state index contributed by atoms with van der Waals surface area (Å²) in [6, 6.07) is 4.58. The number of aryl methyl sites for hydroxylation is 1. The first kappa shape index (κ1) is 15.9. The van der Waals surface area contributed by atoms with Crippen molar-refractivity contribution in [1.29, 1.82) is 0 Å². The van der Waals surface area contributed by atoms with Crippen LogP contribution in [0.4, 0.5) is 8.78 Å². The lowest BCUT2D eigenvalue weighted by Gasteiger charge is -2.22. The quantitative estimate of drug-likeness (QED) is 0.885. The number of halogens is 3. The van der Waals surface area contributed by atoms with Gasteiger partial charge in [-0.05, 0) is 37.1 Å². The molecule has 112 valence electrons. The molecule has 0 amide bonds. The number of rotatable bonds is 3. The zero-order chi connectivity index (χ0) is 15.7. The molecule has 2 N–H and O–H groups in total. The number of ether oxygens (including phenoxy) is 1. The van der Waals surface area contributed by atoms with Crippen LogP contribution in [0.1, 0.15) is 28.3 Å². The van der Waals surface area contributed by atoms with Gasteiger partial charge in [-0.1, -0.05) is 22.0 Å². The van der Waals surface area contributed by atoms with Gasteiger partial charge in [0.2, 0.25) is 0 Å². The summed E-state index contributed by atoms with van der Waals surface area (Å²) in [5, 5.41) is 0. The monoisotopic (exact) mass is 355 g/mol. The molecule has 2 aromatic carbocycles. The molecule has 2 nitrogen and oxygen atoms in total. The smallest absolute Gasteiger partial charge is 0.131 e. The molecule has 0 bridgehead atoms. The SMILES string of the molecule is COc1c(C)cc(Br)c(C)c1C(N)c1ccc(F)cc1F. The highest BCUT2D eigenvalue weighted by atomic mass is 79.9. The maximum atomic E-state index is 14.0. The highest BCUT2D eigenvalue weighted by molar-refractivity contribution is 9.10. The summed E-state index contributed by atoms with van der Waals surface area (Å²) in [6.45, 7) is 3.77. The van der Waals surface area contributed by atoms with Crippen molar-refractivity contribution in [2.75, 3.05) is 7.11 Å². The van der Waals surface area contributed by atoms with Crippen LogP contribution in [0, 0.1) is 25.5 Å². The van der Waals surface area contributed by atoms with Crippen LogP contribution in [-0.2, 0) is 0 Å². The van der Waals surface area contributed by atoms with Gasteiger partial charge in [0.15, 0.2) is 0 Å². The normalized spacial score (nSPS) is 12.3. The van der Waals surface area contributed by atoms with Crippen molar-refractivity contribution in [2.24, 2.45) is 5.73 Å². The molecule has 1 atom stereocenters. The van der Waals surface area contributed by atoms with E-state index in [0.717, 1.165) is 21.7 Å². The van der Waals surface area contributed by atoms with Crippen LogP contribution in [0.25, 0.3) is 0 Å². The largest absolute Gasteiger partial charge is 0.496 e. The Kier molecular flexibility index (Phi) is 4.64. The van der Waals surface area contributed by atoms with Crippen molar-refractivity contribution in [2.45, 2.75) is 19.9 Å². The second-order valence-electron chi connectivity index (χ2n) is 4.89. The van der Waals surface area contributed by atoms with Gasteiger partial charge in [-0.25, -0.2) is 8.78 Å². The Morgan fingerprint density at radius 3 is 2.43 bits per heavy atom. The summed E-state index contributed by atoms with van der Waals surface area (Å²) < 4.78 is 33.3. The number of nitrogens with two attached hydrogens (primary N) is 1. The minimum absolute atomic E-state index is 0.232. The molecule has 5 heteroatoms. The van der Waals surface area contributed by atoms with Gasteiger partial charge in [-0.3, -0.25) is 0 Å². The lowest BCUT2D eigenvalue weighted by atomic mass is 9.92. The van der Waals surface area contributed by atoms with Crippen molar-refractivity contribution in [1.82, 2.24) is 0 Å². The van der Waals surface area contributed by atoms with Crippen molar-refractivity contribution >= 4 is 15.9 Å². The van der Waals surface area contributed by atoms with Gasteiger partial charge in [-0.15, -0.1) is 0 Å². The third-order valence-corrected chi connectivity index (χ3v) is 4.34. The van der Waals surface area contributed by atoms with E-state index >= 15 is 0 Å². The minimum Gasteiger partial charge on any atom is -0.496 e. The van der Waals surface area contributed by atoms with E-state index in [1.807, 2.05) is 19.9 Å². The zero-order valence-electron chi connectivity index (χ0n) is 12.0. The van der Waals surface area contributed by atoms with E-state index in [0.29, 0.717) is 11.3 Å². The van der Waals surface area contributed by atoms with Gasteiger partial charge in [0.25, 0.3) is 0 Å². The molecular formula is C16H16BrF2NO. The van der Waals surface area contributed by atoms with Crippen molar-refractivity contribution in [3.8, 4) is 5.75 Å². The predicted molar refractivity (Wildman–Crippen MR) is 82.6 cm³/mol. The molecule has 1 unspecified atom stereocenters. The molecule has 0 fully saturated rings. The number of hydrogen-bond donors (Lipinski definition) is 1. The van der Waals surface area contributed by atoms with Crippen LogP contribution in [0.2, 0.25) is 0 Å². The van der Waals surface area contributed by atoms with E-state index in [-0.39, 0.29) is 5.56 Å². The van der Waals surface area contributed by atoms with Gasteiger partial charge in [0.1, 0.15) is 17.4 Å². The van der Waals surface area contributed by atoms with Gasteiger partial charge in [0.05, 0.1) is 13.2 Å². The van der Waals surface area contributed by atoms with E-state index in [4.69, 9.17) is 10.5 Å². The minimum atomic E-state index is -0.739. The first-order valence-electron chi connectivity index (χ1n) is 6.41. The summed E-state index contributed by atoms with van der Waals surface area (Å²) >= 11 is 3.47. The number of methoxy groups -OCH3 is 1. The molecule has 0 aliphatic carbocycles. The lowest BCUT2D eigenvalue weighted by molar-refractivity contribution is 0.403. The molecule has 0 aliphatic rings. The second-order valence-corrected chi connectivity index (χ2v) is 5.75. The Hall–Kier alpha value is -1.46. The summed E-state index contributed by atoms with van der Waals surface area (Å²) in [6.07, 6.45) is 0. The third kappa shape index (κ3) is 2.94. The van der Waals surface area contributed by atoms with E-state index < -0.39 is 17.7 Å². The maximum absolute atomic E-state index is 14.0. The van der Waals surface area contributed by atoms with Crippen molar-refractivity contribution < 1.29 is 13.5 Å². The molecule has 0 saturated carbocycles. The van der Waals surface area contributed by atoms with E-state index in [9.17, 15) is 8.78 Å².